The maximum atomic E-state index is 12.0. The van der Waals surface area contributed by atoms with Gasteiger partial charge in [-0.15, -0.1) is 11.8 Å². The van der Waals surface area contributed by atoms with Gasteiger partial charge < -0.3 is 11.1 Å². The number of carbonyl (C=O) groups is 1. The summed E-state index contributed by atoms with van der Waals surface area (Å²) in [6, 6.07) is 13.5. The lowest BCUT2D eigenvalue weighted by Crippen LogP contribution is -2.14. The summed E-state index contributed by atoms with van der Waals surface area (Å²) in [6.45, 7) is 3.99. The molecule has 0 spiro atoms. The van der Waals surface area contributed by atoms with Crippen LogP contribution in [0.15, 0.2) is 47.4 Å². The maximum Gasteiger partial charge on any atom is 0.234 e. The van der Waals surface area contributed by atoms with E-state index in [0.29, 0.717) is 5.75 Å². The fraction of sp³-hybridized carbons (Fsp3) is 0.188. The number of rotatable bonds is 4. The van der Waals surface area contributed by atoms with Gasteiger partial charge in [0.1, 0.15) is 0 Å². The number of carbonyl (C=O) groups excluding carboxylic acids is 1. The predicted molar refractivity (Wildman–Crippen MR) is 86.1 cm³/mol. The number of nitrogen functional groups attached to an aromatic ring is 1. The number of para-hydroxylation sites is 1. The summed E-state index contributed by atoms with van der Waals surface area (Å²) in [6.07, 6.45) is 0. The topological polar surface area (TPSA) is 55.1 Å². The number of hydrogen-bond donors (Lipinski definition) is 2. The Morgan fingerprint density at radius 1 is 1.15 bits per heavy atom. The molecule has 2 aromatic rings. The zero-order chi connectivity index (χ0) is 14.5. The van der Waals surface area contributed by atoms with Crippen molar-refractivity contribution in [1.82, 2.24) is 0 Å². The van der Waals surface area contributed by atoms with Crippen molar-refractivity contribution < 1.29 is 4.79 Å². The van der Waals surface area contributed by atoms with Crippen LogP contribution in [0.4, 0.5) is 11.4 Å². The first kappa shape index (κ1) is 14.5. The van der Waals surface area contributed by atoms with Crippen LogP contribution >= 0.6 is 11.8 Å². The van der Waals surface area contributed by atoms with Crippen molar-refractivity contribution in [3.63, 3.8) is 0 Å². The lowest BCUT2D eigenvalue weighted by Gasteiger charge is -2.09. The van der Waals surface area contributed by atoms with Crippen molar-refractivity contribution in [1.29, 1.82) is 0 Å². The molecule has 3 nitrogen and oxygen atoms in total. The zero-order valence-electron chi connectivity index (χ0n) is 11.6. The Balaban J connectivity index is 1.96. The number of hydrogen-bond acceptors (Lipinski definition) is 3. The van der Waals surface area contributed by atoms with E-state index in [2.05, 4.69) is 5.32 Å². The fourth-order valence-electron chi connectivity index (χ4n) is 1.81. The Morgan fingerprint density at radius 3 is 2.65 bits per heavy atom. The molecule has 0 heterocycles. The van der Waals surface area contributed by atoms with Gasteiger partial charge in [0, 0.05) is 16.3 Å². The van der Waals surface area contributed by atoms with Gasteiger partial charge in [0.15, 0.2) is 0 Å². The molecule has 3 N–H and O–H groups in total. The molecule has 0 aliphatic rings. The summed E-state index contributed by atoms with van der Waals surface area (Å²) in [4.78, 5) is 13.0. The van der Waals surface area contributed by atoms with Gasteiger partial charge >= 0.3 is 0 Å². The van der Waals surface area contributed by atoms with Crippen molar-refractivity contribution in [2.45, 2.75) is 18.7 Å². The van der Waals surface area contributed by atoms with Gasteiger partial charge in [0.2, 0.25) is 5.91 Å². The standard InChI is InChI=1S/C16H18N2OS/c1-11-5-3-4-6-14(11)18-16(19)10-20-15-9-13(17)8-7-12(15)2/h3-9H,10,17H2,1-2H3,(H,18,19). The van der Waals surface area contributed by atoms with Gasteiger partial charge in [-0.05, 0) is 43.2 Å². The van der Waals surface area contributed by atoms with E-state index >= 15 is 0 Å². The van der Waals surface area contributed by atoms with Gasteiger partial charge in [0.25, 0.3) is 0 Å². The van der Waals surface area contributed by atoms with E-state index in [0.717, 1.165) is 27.4 Å². The molecule has 0 aliphatic carbocycles. The van der Waals surface area contributed by atoms with Gasteiger partial charge in [0.05, 0.1) is 5.75 Å². The normalized spacial score (nSPS) is 10.3. The molecule has 2 aromatic carbocycles. The third-order valence-electron chi connectivity index (χ3n) is 2.99. The average molecular weight is 286 g/mol. The number of aryl methyl sites for hydroxylation is 2. The van der Waals surface area contributed by atoms with E-state index in [4.69, 9.17) is 5.73 Å². The third kappa shape index (κ3) is 3.78. The number of thioether (sulfide) groups is 1. The lowest BCUT2D eigenvalue weighted by atomic mass is 10.2. The largest absolute Gasteiger partial charge is 0.399 e. The molecule has 0 aromatic heterocycles. The summed E-state index contributed by atoms with van der Waals surface area (Å²) in [7, 11) is 0. The first-order valence-corrected chi connectivity index (χ1v) is 7.39. The highest BCUT2D eigenvalue weighted by molar-refractivity contribution is 8.00. The molecule has 0 unspecified atom stereocenters. The first-order valence-electron chi connectivity index (χ1n) is 6.40. The molecule has 20 heavy (non-hydrogen) atoms. The molecule has 0 fully saturated rings. The van der Waals surface area contributed by atoms with Crippen LogP contribution in [0.2, 0.25) is 0 Å². The maximum absolute atomic E-state index is 12.0. The van der Waals surface area contributed by atoms with Gasteiger partial charge in [-0.25, -0.2) is 0 Å². The average Bonchev–Trinajstić information content (AvgIpc) is 2.42. The summed E-state index contributed by atoms with van der Waals surface area (Å²) in [5.74, 6) is 0.365. The Labute approximate surface area is 123 Å². The Kier molecular flexibility index (Phi) is 4.69. The molecule has 2 rings (SSSR count). The molecule has 0 aliphatic heterocycles. The second kappa shape index (κ2) is 6.48. The minimum Gasteiger partial charge on any atom is -0.399 e. The number of nitrogens with two attached hydrogens (primary N) is 1. The summed E-state index contributed by atoms with van der Waals surface area (Å²) < 4.78 is 0. The van der Waals surface area contributed by atoms with Gasteiger partial charge in [-0.1, -0.05) is 24.3 Å². The number of anilines is 2. The van der Waals surface area contributed by atoms with E-state index in [-0.39, 0.29) is 5.91 Å². The molecular weight excluding hydrogens is 268 g/mol. The van der Waals surface area contributed by atoms with E-state index in [1.807, 2.05) is 56.3 Å². The number of amides is 1. The zero-order valence-corrected chi connectivity index (χ0v) is 12.5. The van der Waals surface area contributed by atoms with Crippen molar-refractivity contribution in [2.75, 3.05) is 16.8 Å². The second-order valence-corrected chi connectivity index (χ2v) is 5.69. The van der Waals surface area contributed by atoms with E-state index in [9.17, 15) is 4.79 Å². The highest BCUT2D eigenvalue weighted by atomic mass is 32.2. The third-order valence-corrected chi connectivity index (χ3v) is 4.15. The van der Waals surface area contributed by atoms with Crippen molar-refractivity contribution in [3.05, 3.63) is 53.6 Å². The quantitative estimate of drug-likeness (QED) is 0.667. The Hall–Kier alpha value is -1.94. The van der Waals surface area contributed by atoms with Crippen LogP contribution in [0, 0.1) is 13.8 Å². The van der Waals surface area contributed by atoms with Crippen molar-refractivity contribution in [3.8, 4) is 0 Å². The Bertz CT molecular complexity index is 626. The molecular formula is C16H18N2OS. The van der Waals surface area contributed by atoms with Crippen LogP contribution in [0.1, 0.15) is 11.1 Å². The summed E-state index contributed by atoms with van der Waals surface area (Å²) in [5.41, 5.74) is 9.54. The van der Waals surface area contributed by atoms with Gasteiger partial charge in [-0.3, -0.25) is 4.79 Å². The minimum atomic E-state index is -0.00822. The van der Waals surface area contributed by atoms with Crippen molar-refractivity contribution in [2.24, 2.45) is 0 Å². The molecule has 4 heteroatoms. The second-order valence-electron chi connectivity index (χ2n) is 4.68. The van der Waals surface area contributed by atoms with Gasteiger partial charge in [-0.2, -0.15) is 0 Å². The molecule has 0 saturated carbocycles. The molecule has 104 valence electrons. The monoisotopic (exact) mass is 286 g/mol. The first-order chi connectivity index (χ1) is 9.56. The van der Waals surface area contributed by atoms with Crippen LogP contribution in [0.5, 0.6) is 0 Å². The van der Waals surface area contributed by atoms with Crippen LogP contribution in [-0.4, -0.2) is 11.7 Å². The molecule has 0 saturated heterocycles. The highest BCUT2D eigenvalue weighted by Crippen LogP contribution is 2.25. The molecule has 0 bridgehead atoms. The number of nitrogens with one attached hydrogen (secondary N) is 1. The van der Waals surface area contributed by atoms with E-state index in [1.165, 1.54) is 11.8 Å². The SMILES string of the molecule is Cc1ccccc1NC(=O)CSc1cc(N)ccc1C. The van der Waals surface area contributed by atoms with E-state index in [1.54, 1.807) is 0 Å². The minimum absolute atomic E-state index is 0.00822. The van der Waals surface area contributed by atoms with Crippen LogP contribution in [0.3, 0.4) is 0 Å². The molecule has 0 radical (unpaired) electrons. The van der Waals surface area contributed by atoms with Crippen LogP contribution in [0.25, 0.3) is 0 Å². The van der Waals surface area contributed by atoms with E-state index < -0.39 is 0 Å². The fourth-order valence-corrected chi connectivity index (χ4v) is 2.69. The smallest absolute Gasteiger partial charge is 0.234 e. The van der Waals surface area contributed by atoms with Crippen LogP contribution in [-0.2, 0) is 4.79 Å². The lowest BCUT2D eigenvalue weighted by molar-refractivity contribution is -0.113. The van der Waals surface area contributed by atoms with Crippen LogP contribution < -0.4 is 11.1 Å². The molecule has 0 atom stereocenters. The van der Waals surface area contributed by atoms with Crippen molar-refractivity contribution >= 4 is 29.0 Å². The highest BCUT2D eigenvalue weighted by Gasteiger charge is 2.07. The summed E-state index contributed by atoms with van der Waals surface area (Å²) >= 11 is 1.50. The number of benzene rings is 2. The Morgan fingerprint density at radius 2 is 1.90 bits per heavy atom. The predicted octanol–water partition coefficient (Wildman–Crippen LogP) is 3.62. The summed E-state index contributed by atoms with van der Waals surface area (Å²) in [5, 5.41) is 2.92. The molecule has 1 amide bonds.